The van der Waals surface area contributed by atoms with E-state index in [1.807, 2.05) is 30.3 Å². The smallest absolute Gasteiger partial charge is 0.186 e. The van der Waals surface area contributed by atoms with Crippen molar-refractivity contribution in [2.24, 2.45) is 0 Å². The number of ketones is 1. The Labute approximate surface area is 109 Å². The molecule has 0 atom stereocenters. The number of allylic oxidation sites excluding steroid dienone is 4. The predicted octanol–water partition coefficient (Wildman–Crippen LogP) is 3.44. The van der Waals surface area contributed by atoms with Gasteiger partial charge >= 0.3 is 0 Å². The summed E-state index contributed by atoms with van der Waals surface area (Å²) in [5.41, 5.74) is 6.03. The first-order valence-corrected chi connectivity index (χ1v) is 9.52. The van der Waals surface area contributed by atoms with Gasteiger partial charge in [0.1, 0.15) is 8.07 Å². The van der Waals surface area contributed by atoms with Gasteiger partial charge in [-0.2, -0.15) is 0 Å². The van der Waals surface area contributed by atoms with Gasteiger partial charge in [0, 0.05) is 11.1 Å². The van der Waals surface area contributed by atoms with E-state index in [9.17, 15) is 4.79 Å². The Morgan fingerprint density at radius 3 is 2.56 bits per heavy atom. The van der Waals surface area contributed by atoms with Gasteiger partial charge in [0.25, 0.3) is 0 Å². The summed E-state index contributed by atoms with van der Waals surface area (Å²) in [6.45, 7) is 6.66. The maximum absolute atomic E-state index is 11.6. The van der Waals surface area contributed by atoms with E-state index in [4.69, 9.17) is 0 Å². The number of carbonyl (C=O) groups excluding carboxylic acids is 1. The summed E-state index contributed by atoms with van der Waals surface area (Å²) in [6.07, 6.45) is 5.24. The van der Waals surface area contributed by atoms with E-state index in [2.05, 4.69) is 31.1 Å². The summed E-state index contributed by atoms with van der Waals surface area (Å²) in [7, 11) is -1.36. The van der Waals surface area contributed by atoms with E-state index in [1.54, 1.807) is 12.2 Å². The molecule has 90 valence electrons. The van der Waals surface area contributed by atoms with E-state index in [0.29, 0.717) is 0 Å². The highest BCUT2D eigenvalue weighted by Gasteiger charge is 2.12. The van der Waals surface area contributed by atoms with E-state index in [1.165, 1.54) is 0 Å². The van der Waals surface area contributed by atoms with E-state index >= 15 is 0 Å². The molecule has 2 heteroatoms. The molecule has 0 heterocycles. The predicted molar refractivity (Wildman–Crippen MR) is 78.8 cm³/mol. The van der Waals surface area contributed by atoms with E-state index < -0.39 is 8.07 Å². The van der Waals surface area contributed by atoms with Gasteiger partial charge in [-0.15, -0.1) is 5.54 Å². The lowest BCUT2D eigenvalue weighted by atomic mass is 10.0. The molecular formula is C16H16OSi. The van der Waals surface area contributed by atoms with Crippen molar-refractivity contribution in [2.45, 2.75) is 19.6 Å². The van der Waals surface area contributed by atoms with Crippen LogP contribution in [0.3, 0.4) is 0 Å². The van der Waals surface area contributed by atoms with Crippen LogP contribution in [0.25, 0.3) is 5.57 Å². The van der Waals surface area contributed by atoms with Crippen LogP contribution in [0.15, 0.2) is 42.5 Å². The molecule has 0 aliphatic heterocycles. The molecule has 0 spiro atoms. The Balaban J connectivity index is 2.31. The molecule has 1 aliphatic rings. The van der Waals surface area contributed by atoms with Crippen molar-refractivity contribution in [2.75, 3.05) is 0 Å². The van der Waals surface area contributed by atoms with Crippen molar-refractivity contribution in [3.63, 3.8) is 0 Å². The van der Waals surface area contributed by atoms with Crippen LogP contribution in [0.4, 0.5) is 0 Å². The molecule has 0 fully saturated rings. The molecule has 0 saturated carbocycles. The fraction of sp³-hybridized carbons (Fsp3) is 0.188. The number of hydrogen-bond donors (Lipinski definition) is 0. The third kappa shape index (κ3) is 3.09. The third-order valence-corrected chi connectivity index (χ3v) is 3.41. The maximum Gasteiger partial charge on any atom is 0.186 e. The van der Waals surface area contributed by atoms with Crippen LogP contribution in [0.2, 0.25) is 19.6 Å². The average Bonchev–Trinajstić information content (AvgIpc) is 2.72. The van der Waals surface area contributed by atoms with Crippen molar-refractivity contribution in [3.05, 3.63) is 53.6 Å². The molecule has 0 amide bonds. The minimum atomic E-state index is -1.36. The zero-order chi connectivity index (χ0) is 13.2. The second kappa shape index (κ2) is 4.79. The second-order valence-electron chi connectivity index (χ2n) is 5.38. The van der Waals surface area contributed by atoms with Crippen molar-refractivity contribution < 1.29 is 4.79 Å². The lowest BCUT2D eigenvalue weighted by Gasteiger charge is -2.04. The summed E-state index contributed by atoms with van der Waals surface area (Å²) < 4.78 is 0. The Bertz CT molecular complexity index is 604. The summed E-state index contributed by atoms with van der Waals surface area (Å²) in [4.78, 5) is 11.6. The van der Waals surface area contributed by atoms with Crippen LogP contribution < -0.4 is 0 Å². The lowest BCUT2D eigenvalue weighted by Crippen LogP contribution is -2.16. The molecule has 1 aromatic rings. The van der Waals surface area contributed by atoms with Crippen LogP contribution in [0, 0.1) is 11.5 Å². The quantitative estimate of drug-likeness (QED) is 0.553. The van der Waals surface area contributed by atoms with E-state index in [-0.39, 0.29) is 5.78 Å². The van der Waals surface area contributed by atoms with Gasteiger partial charge in [0.05, 0.1) is 0 Å². The Morgan fingerprint density at radius 1 is 1.17 bits per heavy atom. The molecule has 0 unspecified atom stereocenters. The molecule has 1 aliphatic carbocycles. The Kier molecular flexibility index (Phi) is 3.36. The topological polar surface area (TPSA) is 17.1 Å². The molecule has 1 nitrogen and oxygen atoms in total. The molecule has 0 saturated heterocycles. The van der Waals surface area contributed by atoms with Gasteiger partial charge < -0.3 is 0 Å². The van der Waals surface area contributed by atoms with Crippen molar-refractivity contribution in [3.8, 4) is 11.5 Å². The van der Waals surface area contributed by atoms with Gasteiger partial charge in [-0.25, -0.2) is 0 Å². The van der Waals surface area contributed by atoms with Gasteiger partial charge in [0.15, 0.2) is 5.78 Å². The van der Waals surface area contributed by atoms with Gasteiger partial charge in [0.2, 0.25) is 0 Å². The zero-order valence-corrected chi connectivity index (χ0v) is 11.9. The van der Waals surface area contributed by atoms with Crippen LogP contribution in [0.1, 0.15) is 11.1 Å². The fourth-order valence-electron chi connectivity index (χ4n) is 1.67. The minimum Gasteiger partial charge on any atom is -0.289 e. The summed E-state index contributed by atoms with van der Waals surface area (Å²) in [5.74, 6) is 3.29. The highest BCUT2D eigenvalue weighted by Crippen LogP contribution is 2.21. The van der Waals surface area contributed by atoms with Crippen LogP contribution in [-0.4, -0.2) is 13.9 Å². The first kappa shape index (κ1) is 12.6. The number of carbonyl (C=O) groups is 1. The molecule has 18 heavy (non-hydrogen) atoms. The van der Waals surface area contributed by atoms with Gasteiger partial charge in [-0.1, -0.05) is 49.8 Å². The van der Waals surface area contributed by atoms with Crippen LogP contribution in [-0.2, 0) is 4.79 Å². The molecule has 0 aromatic heterocycles. The fourth-order valence-corrected chi connectivity index (χ4v) is 2.19. The standard InChI is InChI=1S/C16H16OSi/c1-18(2,3)11-10-13-6-4-7-14(12-13)15-8-5-9-16(15)17/h4-9,12H,1-3H3. The van der Waals surface area contributed by atoms with Gasteiger partial charge in [-0.3, -0.25) is 4.79 Å². The molecule has 0 radical (unpaired) electrons. The molecule has 0 N–H and O–H groups in total. The Morgan fingerprint density at radius 2 is 1.94 bits per heavy atom. The summed E-state index contributed by atoms with van der Waals surface area (Å²) in [5, 5.41) is 0. The van der Waals surface area contributed by atoms with E-state index in [0.717, 1.165) is 16.7 Å². The molecular weight excluding hydrogens is 236 g/mol. The number of hydrogen-bond acceptors (Lipinski definition) is 1. The van der Waals surface area contributed by atoms with Crippen molar-refractivity contribution >= 4 is 19.4 Å². The monoisotopic (exact) mass is 252 g/mol. The number of benzene rings is 1. The highest BCUT2D eigenvalue weighted by atomic mass is 28.3. The van der Waals surface area contributed by atoms with Gasteiger partial charge in [-0.05, 0) is 23.8 Å². The highest BCUT2D eigenvalue weighted by molar-refractivity contribution is 6.83. The lowest BCUT2D eigenvalue weighted by molar-refractivity contribution is -0.109. The van der Waals surface area contributed by atoms with Crippen LogP contribution >= 0.6 is 0 Å². The van der Waals surface area contributed by atoms with Crippen molar-refractivity contribution in [1.29, 1.82) is 0 Å². The average molecular weight is 252 g/mol. The number of rotatable bonds is 1. The Hall–Kier alpha value is -1.85. The second-order valence-corrected chi connectivity index (χ2v) is 10.1. The summed E-state index contributed by atoms with van der Waals surface area (Å²) in [6, 6.07) is 7.89. The normalized spacial score (nSPS) is 14.2. The van der Waals surface area contributed by atoms with Crippen molar-refractivity contribution in [1.82, 2.24) is 0 Å². The SMILES string of the molecule is C[Si](C)(C)C#Cc1cccc(C2=CC=CC2=O)c1. The first-order valence-electron chi connectivity index (χ1n) is 6.02. The summed E-state index contributed by atoms with van der Waals surface area (Å²) >= 11 is 0. The first-order chi connectivity index (χ1) is 8.46. The van der Waals surface area contributed by atoms with Crippen LogP contribution in [0.5, 0.6) is 0 Å². The largest absolute Gasteiger partial charge is 0.289 e. The molecule has 0 bridgehead atoms. The molecule has 1 aromatic carbocycles. The maximum atomic E-state index is 11.6. The zero-order valence-electron chi connectivity index (χ0n) is 10.9. The minimum absolute atomic E-state index is 0.0744. The molecule has 2 rings (SSSR count). The third-order valence-electron chi connectivity index (χ3n) is 2.53.